The number of methoxy groups -OCH3 is 1. The summed E-state index contributed by atoms with van der Waals surface area (Å²) in [6.07, 6.45) is 1.82. The first-order valence-corrected chi connectivity index (χ1v) is 8.99. The summed E-state index contributed by atoms with van der Waals surface area (Å²) >= 11 is 6.21. The monoisotopic (exact) mass is 319 g/mol. The lowest BCUT2D eigenvalue weighted by atomic mass is 9.96. The molecule has 0 bridgehead atoms. The quantitative estimate of drug-likeness (QED) is 0.708. The van der Waals surface area contributed by atoms with Crippen LogP contribution in [0.5, 0.6) is 0 Å². The van der Waals surface area contributed by atoms with Crippen molar-refractivity contribution < 1.29 is 13.2 Å². The molecule has 1 atom stereocenters. The summed E-state index contributed by atoms with van der Waals surface area (Å²) in [5, 5.41) is 3.95. The van der Waals surface area contributed by atoms with E-state index in [4.69, 9.17) is 16.3 Å². The van der Waals surface area contributed by atoms with E-state index < -0.39 is 9.84 Å². The minimum absolute atomic E-state index is 0.0790. The highest BCUT2D eigenvalue weighted by molar-refractivity contribution is 7.90. The van der Waals surface area contributed by atoms with E-state index in [1.807, 2.05) is 24.3 Å². The Morgan fingerprint density at radius 2 is 2.05 bits per heavy atom. The van der Waals surface area contributed by atoms with Gasteiger partial charge in [0.05, 0.1) is 12.4 Å². The average molecular weight is 320 g/mol. The van der Waals surface area contributed by atoms with Gasteiger partial charge in [0.25, 0.3) is 0 Å². The molecule has 0 aliphatic heterocycles. The molecule has 0 aliphatic carbocycles. The van der Waals surface area contributed by atoms with Gasteiger partial charge in [0.15, 0.2) is 0 Å². The summed E-state index contributed by atoms with van der Waals surface area (Å²) < 4.78 is 27.7. The second-order valence-electron chi connectivity index (χ2n) is 4.83. The highest BCUT2D eigenvalue weighted by Gasteiger charge is 2.16. The molecule has 0 aliphatic rings. The van der Waals surface area contributed by atoms with Crippen molar-refractivity contribution in [1.82, 2.24) is 5.32 Å². The van der Waals surface area contributed by atoms with Gasteiger partial charge in [0.2, 0.25) is 0 Å². The van der Waals surface area contributed by atoms with Gasteiger partial charge < -0.3 is 10.1 Å². The van der Waals surface area contributed by atoms with Crippen LogP contribution < -0.4 is 5.32 Å². The molecule has 4 nitrogen and oxygen atoms in total. The van der Waals surface area contributed by atoms with Gasteiger partial charge in [-0.1, -0.05) is 29.8 Å². The third kappa shape index (κ3) is 6.70. The molecule has 1 rings (SSSR count). The molecule has 1 aromatic rings. The largest absolute Gasteiger partial charge is 0.383 e. The molecule has 1 unspecified atom stereocenters. The molecule has 114 valence electrons. The summed E-state index contributed by atoms with van der Waals surface area (Å²) in [6.45, 7) is 2.04. The van der Waals surface area contributed by atoms with Crippen LogP contribution in [-0.2, 0) is 14.6 Å². The number of rotatable bonds is 9. The zero-order valence-corrected chi connectivity index (χ0v) is 13.5. The van der Waals surface area contributed by atoms with E-state index in [0.717, 1.165) is 12.1 Å². The topological polar surface area (TPSA) is 55.4 Å². The summed E-state index contributed by atoms with van der Waals surface area (Å²) in [6, 6.07) is 7.58. The number of hydrogen-bond donors (Lipinski definition) is 1. The van der Waals surface area contributed by atoms with Crippen molar-refractivity contribution in [2.45, 2.75) is 12.3 Å². The Balaban J connectivity index is 2.71. The Morgan fingerprint density at radius 1 is 1.35 bits per heavy atom. The Labute approximate surface area is 126 Å². The lowest BCUT2D eigenvalue weighted by Gasteiger charge is -2.19. The average Bonchev–Trinajstić information content (AvgIpc) is 2.38. The molecule has 0 heterocycles. The maximum atomic E-state index is 11.4. The van der Waals surface area contributed by atoms with Crippen LogP contribution in [0, 0.1) is 0 Å². The normalized spacial score (nSPS) is 13.3. The molecule has 0 saturated heterocycles. The minimum atomic E-state index is -2.97. The third-order valence-electron chi connectivity index (χ3n) is 3.06. The smallest absolute Gasteiger partial charge is 0.147 e. The molecule has 0 radical (unpaired) electrons. The molecule has 0 fully saturated rings. The Bertz CT molecular complexity index is 505. The number of ether oxygens (including phenoxy) is 1. The zero-order chi connectivity index (χ0) is 15.0. The lowest BCUT2D eigenvalue weighted by molar-refractivity contribution is 0.199. The van der Waals surface area contributed by atoms with Crippen molar-refractivity contribution in [2.75, 3.05) is 38.8 Å². The highest BCUT2D eigenvalue weighted by atomic mass is 35.5. The van der Waals surface area contributed by atoms with E-state index in [1.165, 1.54) is 6.26 Å². The Kier molecular flexibility index (Phi) is 7.51. The molecular formula is C14H22ClNO3S. The maximum Gasteiger partial charge on any atom is 0.147 e. The van der Waals surface area contributed by atoms with Gasteiger partial charge in [-0.3, -0.25) is 0 Å². The van der Waals surface area contributed by atoms with E-state index in [2.05, 4.69) is 5.32 Å². The van der Waals surface area contributed by atoms with Crippen molar-refractivity contribution in [2.24, 2.45) is 0 Å². The molecule has 0 aromatic heterocycles. The summed E-state index contributed by atoms with van der Waals surface area (Å²) in [4.78, 5) is 0. The van der Waals surface area contributed by atoms with Crippen LogP contribution in [0.4, 0.5) is 0 Å². The molecule has 1 aromatic carbocycles. The zero-order valence-electron chi connectivity index (χ0n) is 11.9. The van der Waals surface area contributed by atoms with Crippen molar-refractivity contribution in [3.05, 3.63) is 34.9 Å². The van der Waals surface area contributed by atoms with Crippen LogP contribution in [0.1, 0.15) is 17.9 Å². The molecular weight excluding hydrogens is 298 g/mol. The van der Waals surface area contributed by atoms with Crippen molar-refractivity contribution >= 4 is 21.4 Å². The fourth-order valence-electron chi connectivity index (χ4n) is 1.98. The van der Waals surface area contributed by atoms with Gasteiger partial charge in [-0.05, 0) is 24.0 Å². The SMILES string of the molecule is COCCNCC(CCS(C)(=O)=O)c1ccccc1Cl. The molecule has 0 saturated carbocycles. The van der Waals surface area contributed by atoms with Gasteiger partial charge in [-0.25, -0.2) is 8.42 Å². The third-order valence-corrected chi connectivity index (χ3v) is 4.38. The molecule has 20 heavy (non-hydrogen) atoms. The van der Waals surface area contributed by atoms with Crippen molar-refractivity contribution in [3.8, 4) is 0 Å². The number of halogens is 1. The number of sulfone groups is 1. The van der Waals surface area contributed by atoms with E-state index in [1.54, 1.807) is 7.11 Å². The first kappa shape index (κ1) is 17.4. The molecule has 1 N–H and O–H groups in total. The predicted molar refractivity (Wildman–Crippen MR) is 83.3 cm³/mol. The van der Waals surface area contributed by atoms with Crippen LogP contribution in [0.15, 0.2) is 24.3 Å². The van der Waals surface area contributed by atoms with Crippen LogP contribution in [0.2, 0.25) is 5.02 Å². The van der Waals surface area contributed by atoms with Gasteiger partial charge in [-0.2, -0.15) is 0 Å². The summed E-state index contributed by atoms with van der Waals surface area (Å²) in [7, 11) is -1.32. The van der Waals surface area contributed by atoms with Crippen LogP contribution in [-0.4, -0.2) is 47.2 Å². The Hall–Kier alpha value is -0.620. The van der Waals surface area contributed by atoms with E-state index in [9.17, 15) is 8.42 Å². The van der Waals surface area contributed by atoms with Crippen molar-refractivity contribution in [1.29, 1.82) is 0 Å². The van der Waals surface area contributed by atoms with E-state index >= 15 is 0 Å². The summed E-state index contributed by atoms with van der Waals surface area (Å²) in [5.41, 5.74) is 0.989. The number of nitrogens with one attached hydrogen (secondary N) is 1. The Morgan fingerprint density at radius 3 is 2.65 bits per heavy atom. The van der Waals surface area contributed by atoms with Gasteiger partial charge in [-0.15, -0.1) is 0 Å². The van der Waals surface area contributed by atoms with Crippen LogP contribution in [0.3, 0.4) is 0 Å². The van der Waals surface area contributed by atoms with Gasteiger partial charge >= 0.3 is 0 Å². The first-order valence-electron chi connectivity index (χ1n) is 6.56. The number of benzene rings is 1. The van der Waals surface area contributed by atoms with Gasteiger partial charge in [0, 0.05) is 31.5 Å². The second-order valence-corrected chi connectivity index (χ2v) is 7.50. The van der Waals surface area contributed by atoms with Gasteiger partial charge in [0.1, 0.15) is 9.84 Å². The highest BCUT2D eigenvalue weighted by Crippen LogP contribution is 2.26. The lowest BCUT2D eigenvalue weighted by Crippen LogP contribution is -2.26. The maximum absolute atomic E-state index is 11.4. The van der Waals surface area contributed by atoms with E-state index in [-0.39, 0.29) is 11.7 Å². The first-order chi connectivity index (χ1) is 9.44. The number of hydrogen-bond acceptors (Lipinski definition) is 4. The fourth-order valence-corrected chi connectivity index (χ4v) is 2.98. The second kappa shape index (κ2) is 8.62. The molecule has 0 amide bonds. The minimum Gasteiger partial charge on any atom is -0.383 e. The fraction of sp³-hybridized carbons (Fsp3) is 0.571. The predicted octanol–water partition coefficient (Wildman–Crippen LogP) is 2.09. The summed E-state index contributed by atoms with van der Waals surface area (Å²) in [5.74, 6) is 0.241. The van der Waals surface area contributed by atoms with Crippen LogP contribution >= 0.6 is 11.6 Å². The van der Waals surface area contributed by atoms with E-state index in [0.29, 0.717) is 24.6 Å². The standard InChI is InChI=1S/C14H22ClNO3S/c1-19-9-8-16-11-12(7-10-20(2,17)18)13-5-3-4-6-14(13)15/h3-6,12,16H,7-11H2,1-2H3. The van der Waals surface area contributed by atoms with Crippen LogP contribution in [0.25, 0.3) is 0 Å². The molecule has 6 heteroatoms. The molecule has 0 spiro atoms. The van der Waals surface area contributed by atoms with Crippen molar-refractivity contribution in [3.63, 3.8) is 0 Å².